The van der Waals surface area contributed by atoms with Crippen molar-refractivity contribution in [3.8, 4) is 0 Å². The molecule has 0 aliphatic heterocycles. The van der Waals surface area contributed by atoms with Crippen LogP contribution >= 0.6 is 0 Å². The maximum atomic E-state index is 9.76. The number of hydrogen-bond acceptors (Lipinski definition) is 4. The number of aromatic nitrogens is 4. The lowest BCUT2D eigenvalue weighted by Gasteiger charge is -1.81. The average Bonchev–Trinajstić information content (AvgIpc) is 2.17. The zero-order valence-electron chi connectivity index (χ0n) is 4.77. The summed E-state index contributed by atoms with van der Waals surface area (Å²) in [7, 11) is 1.61. The molecule has 0 aliphatic carbocycles. The van der Waals surface area contributed by atoms with Gasteiger partial charge < -0.3 is 0 Å². The number of nitrogens with one attached hydrogen (secondary N) is 1. The third-order valence-electron chi connectivity index (χ3n) is 0.696. The fraction of sp³-hybridized carbons (Fsp3) is 0.333. The van der Waals surface area contributed by atoms with Crippen molar-refractivity contribution >= 4 is 12.4 Å². The molecule has 0 fully saturated rings. The van der Waals surface area contributed by atoms with Crippen molar-refractivity contribution in [2.75, 3.05) is 5.32 Å². The molecule has 0 bridgehead atoms. The minimum Gasteiger partial charge on any atom is -0.295 e. The van der Waals surface area contributed by atoms with E-state index in [9.17, 15) is 4.79 Å². The van der Waals surface area contributed by atoms with Crippen molar-refractivity contribution in [1.82, 2.24) is 20.2 Å². The molecule has 6 heteroatoms. The van der Waals surface area contributed by atoms with Crippen LogP contribution in [-0.4, -0.2) is 26.6 Å². The van der Waals surface area contributed by atoms with Crippen LogP contribution in [0.4, 0.5) is 5.95 Å². The van der Waals surface area contributed by atoms with Crippen LogP contribution in [-0.2, 0) is 11.8 Å². The minimum atomic E-state index is 0.215. The van der Waals surface area contributed by atoms with Gasteiger partial charge in [0, 0.05) is 0 Å². The lowest BCUT2D eigenvalue weighted by molar-refractivity contribution is -0.105. The summed E-state index contributed by atoms with van der Waals surface area (Å²) in [6.45, 7) is 0. The molecule has 0 saturated heterocycles. The average molecular weight is 127 g/mol. The quantitative estimate of drug-likeness (QED) is 0.505. The molecule has 0 saturated carbocycles. The molecule has 0 aliphatic rings. The molecule has 1 amide bonds. The van der Waals surface area contributed by atoms with Gasteiger partial charge in [-0.1, -0.05) is 5.10 Å². The number of carbonyl (C=O) groups excluding carboxylic acids is 1. The Kier molecular flexibility index (Phi) is 1.39. The second-order valence-electron chi connectivity index (χ2n) is 1.36. The van der Waals surface area contributed by atoms with Crippen LogP contribution in [0, 0.1) is 0 Å². The Bertz CT molecular complexity index is 206. The number of hydrogen-bond donors (Lipinski definition) is 1. The van der Waals surface area contributed by atoms with Gasteiger partial charge >= 0.3 is 0 Å². The van der Waals surface area contributed by atoms with Crippen LogP contribution in [0.5, 0.6) is 0 Å². The summed E-state index contributed by atoms with van der Waals surface area (Å²) in [6.07, 6.45) is 0.497. The van der Waals surface area contributed by atoms with Crippen molar-refractivity contribution in [3.05, 3.63) is 0 Å². The summed E-state index contributed by atoms with van der Waals surface area (Å²) < 4.78 is 0. The van der Waals surface area contributed by atoms with Gasteiger partial charge in [-0.25, -0.2) is 0 Å². The van der Waals surface area contributed by atoms with Crippen molar-refractivity contribution in [3.63, 3.8) is 0 Å². The van der Waals surface area contributed by atoms with E-state index in [2.05, 4.69) is 20.7 Å². The normalized spacial score (nSPS) is 9.00. The Morgan fingerprint density at radius 1 is 1.78 bits per heavy atom. The third-order valence-corrected chi connectivity index (χ3v) is 0.696. The molecule has 0 unspecified atom stereocenters. The molecule has 1 rings (SSSR count). The molecule has 6 nitrogen and oxygen atoms in total. The number of nitrogens with zero attached hydrogens (tertiary/aromatic N) is 4. The smallest absolute Gasteiger partial charge is 0.269 e. The van der Waals surface area contributed by atoms with E-state index >= 15 is 0 Å². The zero-order valence-corrected chi connectivity index (χ0v) is 4.77. The lowest BCUT2D eigenvalue weighted by atomic mass is 11.0. The van der Waals surface area contributed by atoms with Crippen LogP contribution in [0.2, 0.25) is 0 Å². The van der Waals surface area contributed by atoms with E-state index in [1.807, 2.05) is 0 Å². The van der Waals surface area contributed by atoms with E-state index < -0.39 is 0 Å². The summed E-state index contributed by atoms with van der Waals surface area (Å²) in [4.78, 5) is 11.0. The Balaban J connectivity index is 2.72. The first kappa shape index (κ1) is 5.67. The van der Waals surface area contributed by atoms with Crippen molar-refractivity contribution in [1.29, 1.82) is 0 Å². The minimum absolute atomic E-state index is 0.215. The summed E-state index contributed by atoms with van der Waals surface area (Å²) >= 11 is 0. The summed E-state index contributed by atoms with van der Waals surface area (Å²) in [5, 5.41) is 12.8. The van der Waals surface area contributed by atoms with E-state index in [1.165, 1.54) is 4.80 Å². The summed E-state index contributed by atoms with van der Waals surface area (Å²) in [5.74, 6) is 0.215. The Hall–Kier alpha value is -1.46. The standard InChI is InChI=1S/C3H5N5O/c1-8-6-3(4-2-9)5-7-8/h2H,1H3,(H,4,6,9). The topological polar surface area (TPSA) is 72.7 Å². The molecule has 1 heterocycles. The van der Waals surface area contributed by atoms with Gasteiger partial charge in [0.1, 0.15) is 0 Å². The fourth-order valence-electron chi connectivity index (χ4n) is 0.395. The van der Waals surface area contributed by atoms with Crippen molar-refractivity contribution in [2.45, 2.75) is 0 Å². The van der Waals surface area contributed by atoms with Crippen LogP contribution in [0.25, 0.3) is 0 Å². The number of anilines is 1. The van der Waals surface area contributed by atoms with Crippen molar-refractivity contribution in [2.24, 2.45) is 7.05 Å². The largest absolute Gasteiger partial charge is 0.295 e. The lowest BCUT2D eigenvalue weighted by Crippen LogP contribution is -1.96. The second-order valence-corrected chi connectivity index (χ2v) is 1.36. The first-order chi connectivity index (χ1) is 4.33. The fourth-order valence-corrected chi connectivity index (χ4v) is 0.395. The highest BCUT2D eigenvalue weighted by molar-refractivity contribution is 5.65. The number of carbonyl (C=O) groups is 1. The van der Waals surface area contributed by atoms with Crippen LogP contribution in [0.15, 0.2) is 0 Å². The van der Waals surface area contributed by atoms with E-state index in [0.29, 0.717) is 6.41 Å². The molecule has 1 aromatic heterocycles. The molecule has 48 valence electrons. The van der Waals surface area contributed by atoms with Gasteiger partial charge in [-0.2, -0.15) is 4.80 Å². The van der Waals surface area contributed by atoms with E-state index in [0.717, 1.165) is 0 Å². The summed E-state index contributed by atoms with van der Waals surface area (Å²) in [6, 6.07) is 0. The maximum absolute atomic E-state index is 9.76. The first-order valence-corrected chi connectivity index (χ1v) is 2.27. The van der Waals surface area contributed by atoms with Crippen molar-refractivity contribution < 1.29 is 4.79 Å². The van der Waals surface area contributed by atoms with E-state index in [1.54, 1.807) is 7.05 Å². The van der Waals surface area contributed by atoms with Gasteiger partial charge in [0.2, 0.25) is 6.41 Å². The van der Waals surface area contributed by atoms with Gasteiger partial charge in [0.25, 0.3) is 5.95 Å². The van der Waals surface area contributed by atoms with Gasteiger partial charge in [-0.05, 0) is 5.21 Å². The SMILES string of the molecule is Cn1nnc(NC=O)n1. The van der Waals surface area contributed by atoms with Crippen LogP contribution in [0.1, 0.15) is 0 Å². The molecule has 1 aromatic rings. The number of amides is 1. The van der Waals surface area contributed by atoms with Gasteiger partial charge in [0.15, 0.2) is 0 Å². The maximum Gasteiger partial charge on any atom is 0.269 e. The monoisotopic (exact) mass is 127 g/mol. The molecular weight excluding hydrogens is 122 g/mol. The van der Waals surface area contributed by atoms with Crippen LogP contribution in [0.3, 0.4) is 0 Å². The highest BCUT2D eigenvalue weighted by atomic mass is 16.1. The predicted molar refractivity (Wildman–Crippen MR) is 28.5 cm³/mol. The Labute approximate surface area is 50.9 Å². The van der Waals surface area contributed by atoms with E-state index in [4.69, 9.17) is 0 Å². The number of rotatable bonds is 2. The third kappa shape index (κ3) is 1.21. The molecule has 0 spiro atoms. The zero-order chi connectivity index (χ0) is 6.69. The molecule has 0 radical (unpaired) electrons. The molecule has 9 heavy (non-hydrogen) atoms. The highest BCUT2D eigenvalue weighted by Crippen LogP contribution is 1.86. The number of tetrazole rings is 1. The van der Waals surface area contributed by atoms with Gasteiger partial charge in [-0.3, -0.25) is 10.1 Å². The van der Waals surface area contributed by atoms with Gasteiger partial charge in [0.05, 0.1) is 7.05 Å². The first-order valence-electron chi connectivity index (χ1n) is 2.27. The van der Waals surface area contributed by atoms with Gasteiger partial charge in [-0.15, -0.1) is 5.10 Å². The van der Waals surface area contributed by atoms with E-state index in [-0.39, 0.29) is 5.95 Å². The Morgan fingerprint density at radius 3 is 3.00 bits per heavy atom. The van der Waals surface area contributed by atoms with Crippen LogP contribution < -0.4 is 5.32 Å². The predicted octanol–water partition coefficient (Wildman–Crippen LogP) is -1.22. The Morgan fingerprint density at radius 2 is 2.56 bits per heavy atom. The molecular formula is C3H5N5O. The molecule has 0 aromatic carbocycles. The molecule has 1 N–H and O–H groups in total. The second kappa shape index (κ2) is 2.21. The number of aryl methyl sites for hydroxylation is 1. The molecule has 0 atom stereocenters. The summed E-state index contributed by atoms with van der Waals surface area (Å²) in [5.41, 5.74) is 0. The highest BCUT2D eigenvalue weighted by Gasteiger charge is 1.93.